The lowest BCUT2D eigenvalue weighted by atomic mass is 9.87. The molecule has 0 aromatic carbocycles. The summed E-state index contributed by atoms with van der Waals surface area (Å²) in [5.41, 5.74) is 2.76. The number of nitrogens with zero attached hydrogens (tertiary/aromatic N) is 1. The van der Waals surface area contributed by atoms with Crippen LogP contribution in [0.25, 0.3) is 0 Å². The first-order valence-electron chi connectivity index (χ1n) is 4.94. The fraction of sp³-hybridized carbons (Fsp3) is 0.583. The number of aromatic nitrogens is 1. The molecule has 78 valence electrons. The van der Waals surface area contributed by atoms with Crippen molar-refractivity contribution in [1.82, 2.24) is 4.98 Å². The minimum atomic E-state index is -0.498. The minimum Gasteiger partial charge on any atom is -0.386 e. The van der Waals surface area contributed by atoms with Gasteiger partial charge in [0.1, 0.15) is 6.10 Å². The second-order valence-corrected chi connectivity index (χ2v) is 4.91. The van der Waals surface area contributed by atoms with Crippen molar-refractivity contribution in [3.8, 4) is 0 Å². The van der Waals surface area contributed by atoms with Gasteiger partial charge >= 0.3 is 0 Å². The summed E-state index contributed by atoms with van der Waals surface area (Å²) in [6, 6.07) is 3.91. The van der Waals surface area contributed by atoms with E-state index in [1.54, 1.807) is 0 Å². The van der Waals surface area contributed by atoms with Gasteiger partial charge < -0.3 is 5.11 Å². The van der Waals surface area contributed by atoms with Crippen molar-refractivity contribution in [1.29, 1.82) is 0 Å². The lowest BCUT2D eigenvalue weighted by molar-refractivity contribution is 0.0588. The molecule has 0 amide bonds. The Hall–Kier alpha value is -0.890. The monoisotopic (exact) mass is 193 g/mol. The molecule has 0 saturated heterocycles. The Labute approximate surface area is 86.0 Å². The second kappa shape index (κ2) is 3.70. The van der Waals surface area contributed by atoms with Gasteiger partial charge in [-0.25, -0.2) is 0 Å². The van der Waals surface area contributed by atoms with Crippen LogP contribution in [0.1, 0.15) is 43.8 Å². The Morgan fingerprint density at radius 1 is 1.21 bits per heavy atom. The summed E-state index contributed by atoms with van der Waals surface area (Å²) >= 11 is 0. The molecule has 0 aliphatic rings. The molecular weight excluding hydrogens is 174 g/mol. The Kier molecular flexibility index (Phi) is 2.95. The summed E-state index contributed by atoms with van der Waals surface area (Å²) in [6.07, 6.45) is -0.498. The lowest BCUT2D eigenvalue weighted by Gasteiger charge is -2.25. The molecule has 1 aromatic heterocycles. The molecule has 1 unspecified atom stereocenters. The molecule has 1 atom stereocenters. The molecule has 1 rings (SSSR count). The molecule has 1 aromatic rings. The van der Waals surface area contributed by atoms with Crippen molar-refractivity contribution < 1.29 is 5.11 Å². The number of aryl methyl sites for hydroxylation is 2. The van der Waals surface area contributed by atoms with E-state index in [1.807, 2.05) is 46.8 Å². The van der Waals surface area contributed by atoms with Gasteiger partial charge in [-0.05, 0) is 30.9 Å². The zero-order valence-corrected chi connectivity index (χ0v) is 9.63. The number of hydrogen-bond acceptors (Lipinski definition) is 2. The van der Waals surface area contributed by atoms with E-state index in [1.165, 1.54) is 0 Å². The molecule has 0 aliphatic carbocycles. The first-order chi connectivity index (χ1) is 6.32. The van der Waals surface area contributed by atoms with E-state index in [0.717, 1.165) is 17.0 Å². The zero-order chi connectivity index (χ0) is 10.9. The van der Waals surface area contributed by atoms with Crippen molar-refractivity contribution in [2.45, 2.75) is 40.7 Å². The summed E-state index contributed by atoms with van der Waals surface area (Å²) in [5.74, 6) is 0. The normalized spacial score (nSPS) is 14.1. The molecule has 2 heteroatoms. The number of pyridine rings is 1. The molecule has 0 aliphatic heterocycles. The number of aliphatic hydroxyl groups is 1. The van der Waals surface area contributed by atoms with E-state index < -0.39 is 6.10 Å². The molecular formula is C12H19NO. The maximum absolute atomic E-state index is 10.0. The lowest BCUT2D eigenvalue weighted by Crippen LogP contribution is -2.19. The van der Waals surface area contributed by atoms with Crippen molar-refractivity contribution in [3.63, 3.8) is 0 Å². The van der Waals surface area contributed by atoms with E-state index in [0.29, 0.717) is 0 Å². The Bertz CT molecular complexity index is 326. The average Bonchev–Trinajstić information content (AvgIpc) is 2.07. The van der Waals surface area contributed by atoms with Crippen molar-refractivity contribution in [3.05, 3.63) is 29.1 Å². The van der Waals surface area contributed by atoms with E-state index >= 15 is 0 Å². The van der Waals surface area contributed by atoms with Crippen LogP contribution in [0.5, 0.6) is 0 Å². The van der Waals surface area contributed by atoms with Gasteiger partial charge in [0.05, 0.1) is 5.69 Å². The summed E-state index contributed by atoms with van der Waals surface area (Å²) in [7, 11) is 0. The summed E-state index contributed by atoms with van der Waals surface area (Å²) in [6.45, 7) is 10.0. The van der Waals surface area contributed by atoms with Crippen LogP contribution in [-0.2, 0) is 0 Å². The highest BCUT2D eigenvalue weighted by molar-refractivity contribution is 5.22. The highest BCUT2D eigenvalue weighted by atomic mass is 16.3. The maximum Gasteiger partial charge on any atom is 0.101 e. The van der Waals surface area contributed by atoms with Gasteiger partial charge in [-0.1, -0.05) is 26.8 Å². The summed E-state index contributed by atoms with van der Waals surface area (Å²) in [5, 5.41) is 10.0. The Morgan fingerprint density at radius 2 is 1.79 bits per heavy atom. The van der Waals surface area contributed by atoms with E-state index in [9.17, 15) is 5.11 Å². The molecule has 0 saturated carbocycles. The predicted octanol–water partition coefficient (Wildman–Crippen LogP) is 2.78. The third-order valence-corrected chi connectivity index (χ3v) is 2.47. The van der Waals surface area contributed by atoms with Crippen LogP contribution in [0.4, 0.5) is 0 Å². The predicted molar refractivity (Wildman–Crippen MR) is 58.1 cm³/mol. The highest BCUT2D eigenvalue weighted by Crippen LogP contribution is 2.31. The van der Waals surface area contributed by atoms with Crippen LogP contribution >= 0.6 is 0 Å². The van der Waals surface area contributed by atoms with Crippen LogP contribution in [0.2, 0.25) is 0 Å². The fourth-order valence-corrected chi connectivity index (χ4v) is 1.25. The van der Waals surface area contributed by atoms with E-state index in [4.69, 9.17) is 0 Å². The number of hydrogen-bond donors (Lipinski definition) is 1. The first kappa shape index (κ1) is 11.2. The van der Waals surface area contributed by atoms with Gasteiger partial charge in [0.25, 0.3) is 0 Å². The summed E-state index contributed by atoms with van der Waals surface area (Å²) in [4.78, 5) is 4.39. The number of rotatable bonds is 1. The summed E-state index contributed by atoms with van der Waals surface area (Å²) < 4.78 is 0. The fourth-order valence-electron chi connectivity index (χ4n) is 1.25. The smallest absolute Gasteiger partial charge is 0.101 e. The number of aliphatic hydroxyl groups excluding tert-OH is 1. The van der Waals surface area contributed by atoms with Crippen molar-refractivity contribution >= 4 is 0 Å². The third kappa shape index (κ3) is 2.32. The molecule has 0 fully saturated rings. The van der Waals surface area contributed by atoms with Crippen LogP contribution in [0.3, 0.4) is 0 Å². The van der Waals surface area contributed by atoms with Crippen LogP contribution < -0.4 is 0 Å². The third-order valence-electron chi connectivity index (χ3n) is 2.47. The van der Waals surface area contributed by atoms with Crippen LogP contribution in [-0.4, -0.2) is 10.1 Å². The quantitative estimate of drug-likeness (QED) is 0.744. The minimum absolute atomic E-state index is 0.158. The maximum atomic E-state index is 10.0. The van der Waals surface area contributed by atoms with E-state index in [-0.39, 0.29) is 5.41 Å². The largest absolute Gasteiger partial charge is 0.386 e. The SMILES string of the molecule is Cc1ccc(C(O)C(C)(C)C)nc1C. The molecule has 0 radical (unpaired) electrons. The highest BCUT2D eigenvalue weighted by Gasteiger charge is 2.24. The van der Waals surface area contributed by atoms with Crippen molar-refractivity contribution in [2.24, 2.45) is 5.41 Å². The van der Waals surface area contributed by atoms with Gasteiger partial charge in [-0.3, -0.25) is 4.98 Å². The molecule has 1 heterocycles. The standard InChI is InChI=1S/C12H19NO/c1-8-6-7-10(13-9(8)2)11(14)12(3,4)5/h6-7,11,14H,1-5H3. The van der Waals surface area contributed by atoms with Gasteiger partial charge in [0.15, 0.2) is 0 Å². The van der Waals surface area contributed by atoms with Gasteiger partial charge in [0.2, 0.25) is 0 Å². The molecule has 2 nitrogen and oxygen atoms in total. The Morgan fingerprint density at radius 3 is 2.21 bits per heavy atom. The van der Waals surface area contributed by atoms with E-state index in [2.05, 4.69) is 4.98 Å². The van der Waals surface area contributed by atoms with Crippen LogP contribution in [0.15, 0.2) is 12.1 Å². The average molecular weight is 193 g/mol. The second-order valence-electron chi connectivity index (χ2n) is 4.91. The van der Waals surface area contributed by atoms with Crippen molar-refractivity contribution in [2.75, 3.05) is 0 Å². The topological polar surface area (TPSA) is 33.1 Å². The van der Waals surface area contributed by atoms with Gasteiger partial charge in [-0.15, -0.1) is 0 Å². The molecule has 14 heavy (non-hydrogen) atoms. The first-order valence-corrected chi connectivity index (χ1v) is 4.94. The van der Waals surface area contributed by atoms with Gasteiger partial charge in [0, 0.05) is 5.69 Å². The molecule has 0 bridgehead atoms. The molecule has 0 spiro atoms. The zero-order valence-electron chi connectivity index (χ0n) is 9.63. The van der Waals surface area contributed by atoms with Crippen LogP contribution in [0, 0.1) is 19.3 Å². The van der Waals surface area contributed by atoms with Gasteiger partial charge in [-0.2, -0.15) is 0 Å². The molecule has 1 N–H and O–H groups in total. The Balaban J connectivity index is 3.03.